The van der Waals surface area contributed by atoms with Crippen LogP contribution in [0.5, 0.6) is 0 Å². The van der Waals surface area contributed by atoms with Gasteiger partial charge >= 0.3 is 5.97 Å². The Kier molecular flexibility index (Phi) is 5.71. The first-order chi connectivity index (χ1) is 12.2. The van der Waals surface area contributed by atoms with Gasteiger partial charge in [0.2, 0.25) is 5.91 Å². The number of carboxylic acids is 1. The van der Waals surface area contributed by atoms with Gasteiger partial charge < -0.3 is 10.4 Å². The molecule has 0 saturated carbocycles. The van der Waals surface area contributed by atoms with Gasteiger partial charge in [-0.3, -0.25) is 19.7 Å². The molecular weight excluding hydrogens is 336 g/mol. The van der Waals surface area contributed by atoms with Crippen LogP contribution in [0.25, 0.3) is 0 Å². The third-order valence-corrected chi connectivity index (χ3v) is 4.18. The van der Waals surface area contributed by atoms with Crippen molar-refractivity contribution in [3.63, 3.8) is 0 Å². The van der Waals surface area contributed by atoms with Crippen molar-refractivity contribution in [1.82, 2.24) is 0 Å². The van der Waals surface area contributed by atoms with Crippen LogP contribution in [0.1, 0.15) is 31.4 Å². The van der Waals surface area contributed by atoms with E-state index < -0.39 is 16.3 Å². The number of carboxylic acid groups (broad SMARTS) is 1. The summed E-state index contributed by atoms with van der Waals surface area (Å²) < 4.78 is 0. The fraction of sp³-hybridized carbons (Fsp3) is 0.263. The summed E-state index contributed by atoms with van der Waals surface area (Å²) in [4.78, 5) is 33.6. The van der Waals surface area contributed by atoms with Crippen LogP contribution in [0.4, 0.5) is 11.4 Å². The molecule has 0 aliphatic carbocycles. The second-order valence-corrected chi connectivity index (χ2v) is 6.48. The monoisotopic (exact) mass is 356 g/mol. The largest absolute Gasteiger partial charge is 0.481 e. The summed E-state index contributed by atoms with van der Waals surface area (Å²) in [5, 5.41) is 22.3. The van der Waals surface area contributed by atoms with Crippen LogP contribution in [-0.2, 0) is 21.4 Å². The molecule has 7 heteroatoms. The molecule has 2 aromatic carbocycles. The summed E-state index contributed by atoms with van der Waals surface area (Å²) in [7, 11) is 0. The second kappa shape index (κ2) is 7.77. The van der Waals surface area contributed by atoms with Crippen molar-refractivity contribution in [1.29, 1.82) is 0 Å². The molecule has 2 rings (SSSR count). The lowest BCUT2D eigenvalue weighted by Gasteiger charge is -2.24. The fourth-order valence-corrected chi connectivity index (χ4v) is 2.47. The smallest absolute Gasteiger partial charge is 0.303 e. The number of hydrogen-bond acceptors (Lipinski definition) is 4. The van der Waals surface area contributed by atoms with Crippen molar-refractivity contribution in [3.8, 4) is 0 Å². The number of nitro groups is 1. The van der Waals surface area contributed by atoms with E-state index in [-0.39, 0.29) is 18.0 Å². The van der Waals surface area contributed by atoms with Crippen LogP contribution >= 0.6 is 0 Å². The molecule has 0 heterocycles. The summed E-state index contributed by atoms with van der Waals surface area (Å²) in [5.74, 6) is -1.14. The van der Waals surface area contributed by atoms with Gasteiger partial charge in [0.25, 0.3) is 5.69 Å². The first-order valence-corrected chi connectivity index (χ1v) is 8.07. The van der Waals surface area contributed by atoms with E-state index in [1.165, 1.54) is 12.1 Å². The number of nitrogens with zero attached hydrogens (tertiary/aromatic N) is 1. The first-order valence-electron chi connectivity index (χ1n) is 8.07. The maximum Gasteiger partial charge on any atom is 0.303 e. The molecule has 1 amide bonds. The van der Waals surface area contributed by atoms with Crippen LogP contribution in [0.15, 0.2) is 48.5 Å². The Morgan fingerprint density at radius 1 is 1.15 bits per heavy atom. The third kappa shape index (κ3) is 4.66. The predicted octanol–water partition coefficient (Wildman–Crippen LogP) is 3.53. The van der Waals surface area contributed by atoms with Gasteiger partial charge in [0.05, 0.1) is 10.3 Å². The van der Waals surface area contributed by atoms with Crippen molar-refractivity contribution in [2.75, 3.05) is 5.32 Å². The van der Waals surface area contributed by atoms with Gasteiger partial charge in [0, 0.05) is 24.2 Å². The zero-order valence-electron chi connectivity index (χ0n) is 14.6. The Morgan fingerprint density at radius 3 is 2.38 bits per heavy atom. The molecule has 0 unspecified atom stereocenters. The van der Waals surface area contributed by atoms with Crippen LogP contribution in [-0.4, -0.2) is 21.9 Å². The number of rotatable bonds is 7. The molecule has 2 N–H and O–H groups in total. The summed E-state index contributed by atoms with van der Waals surface area (Å²) in [6.45, 7) is 3.47. The maximum atomic E-state index is 12.7. The van der Waals surface area contributed by atoms with E-state index in [9.17, 15) is 19.7 Å². The fourth-order valence-electron chi connectivity index (χ4n) is 2.47. The number of non-ortho nitro benzene ring substituents is 1. The van der Waals surface area contributed by atoms with E-state index >= 15 is 0 Å². The van der Waals surface area contributed by atoms with Gasteiger partial charge in [-0.2, -0.15) is 0 Å². The normalized spacial score (nSPS) is 11.0. The Balaban J connectivity index is 2.13. The van der Waals surface area contributed by atoms with Crippen molar-refractivity contribution >= 4 is 23.3 Å². The molecule has 0 aliphatic heterocycles. The summed E-state index contributed by atoms with van der Waals surface area (Å²) in [6.07, 6.45) is 0.399. The highest BCUT2D eigenvalue weighted by molar-refractivity contribution is 5.98. The van der Waals surface area contributed by atoms with E-state index in [4.69, 9.17) is 5.11 Å². The van der Waals surface area contributed by atoms with Gasteiger partial charge in [-0.1, -0.05) is 24.3 Å². The number of anilines is 1. The van der Waals surface area contributed by atoms with Crippen molar-refractivity contribution in [2.45, 2.75) is 32.1 Å². The molecule has 0 fully saturated rings. The number of aryl methyl sites for hydroxylation is 1. The van der Waals surface area contributed by atoms with Crippen molar-refractivity contribution in [2.24, 2.45) is 0 Å². The number of carbonyl (C=O) groups is 2. The summed E-state index contributed by atoms with van der Waals surface area (Å²) in [5.41, 5.74) is 1.12. The molecule has 7 nitrogen and oxygen atoms in total. The Bertz CT molecular complexity index is 828. The minimum atomic E-state index is -0.897. The number of aliphatic carboxylic acids is 1. The number of hydrogen-bond donors (Lipinski definition) is 2. The Morgan fingerprint density at radius 2 is 1.81 bits per heavy atom. The van der Waals surface area contributed by atoms with Gasteiger partial charge in [-0.25, -0.2) is 0 Å². The molecule has 0 atom stereocenters. The van der Waals surface area contributed by atoms with E-state index in [0.29, 0.717) is 17.7 Å². The third-order valence-electron chi connectivity index (χ3n) is 4.18. The quantitative estimate of drug-likeness (QED) is 0.582. The van der Waals surface area contributed by atoms with Crippen LogP contribution < -0.4 is 5.32 Å². The SMILES string of the molecule is CC(C)(C(=O)Nc1cccc(CCC(=O)O)c1)c1ccc([N+](=O)[O-])cc1. The van der Waals surface area contributed by atoms with Crippen LogP contribution in [0, 0.1) is 10.1 Å². The standard InChI is InChI=1S/C19H20N2O5/c1-19(2,14-7-9-16(10-8-14)21(25)26)18(24)20-15-5-3-4-13(12-15)6-11-17(22)23/h3-5,7-10,12H,6,11H2,1-2H3,(H,20,24)(H,22,23). The topological polar surface area (TPSA) is 110 Å². The highest BCUT2D eigenvalue weighted by atomic mass is 16.6. The number of carbonyl (C=O) groups excluding carboxylic acids is 1. The number of amides is 1. The van der Waals surface area contributed by atoms with E-state index in [1.807, 2.05) is 0 Å². The van der Waals surface area contributed by atoms with Crippen LogP contribution in [0.2, 0.25) is 0 Å². The first kappa shape index (κ1) is 19.1. The van der Waals surface area contributed by atoms with Gasteiger partial charge in [0.1, 0.15) is 0 Å². The van der Waals surface area contributed by atoms with E-state index in [1.54, 1.807) is 50.2 Å². The zero-order valence-corrected chi connectivity index (χ0v) is 14.6. The van der Waals surface area contributed by atoms with Crippen LogP contribution in [0.3, 0.4) is 0 Å². The highest BCUT2D eigenvalue weighted by Gasteiger charge is 2.30. The van der Waals surface area contributed by atoms with E-state index in [0.717, 1.165) is 5.56 Å². The molecule has 0 spiro atoms. The maximum absolute atomic E-state index is 12.7. The predicted molar refractivity (Wildman–Crippen MR) is 97.2 cm³/mol. The minimum Gasteiger partial charge on any atom is -0.481 e. The molecule has 0 saturated heterocycles. The molecule has 0 radical (unpaired) electrons. The molecular formula is C19H20N2O5. The Labute approximate surface area is 150 Å². The summed E-state index contributed by atoms with van der Waals surface area (Å²) >= 11 is 0. The molecule has 136 valence electrons. The van der Waals surface area contributed by atoms with Crippen molar-refractivity contribution in [3.05, 3.63) is 69.8 Å². The van der Waals surface area contributed by atoms with Gasteiger partial charge in [-0.05, 0) is 43.5 Å². The Hall–Kier alpha value is -3.22. The minimum absolute atomic E-state index is 0.0195. The van der Waals surface area contributed by atoms with Crippen molar-refractivity contribution < 1.29 is 19.6 Å². The lowest BCUT2D eigenvalue weighted by atomic mass is 9.83. The van der Waals surface area contributed by atoms with E-state index in [2.05, 4.69) is 5.32 Å². The molecule has 0 aliphatic rings. The van der Waals surface area contributed by atoms with Gasteiger partial charge in [-0.15, -0.1) is 0 Å². The average Bonchev–Trinajstić information content (AvgIpc) is 2.60. The molecule has 2 aromatic rings. The molecule has 26 heavy (non-hydrogen) atoms. The second-order valence-electron chi connectivity index (χ2n) is 6.48. The molecule has 0 bridgehead atoms. The lowest BCUT2D eigenvalue weighted by Crippen LogP contribution is -2.34. The number of benzene rings is 2. The number of nitro benzene ring substituents is 1. The zero-order chi connectivity index (χ0) is 19.3. The van der Waals surface area contributed by atoms with Gasteiger partial charge in [0.15, 0.2) is 0 Å². The highest BCUT2D eigenvalue weighted by Crippen LogP contribution is 2.27. The summed E-state index contributed by atoms with van der Waals surface area (Å²) in [6, 6.07) is 12.9. The molecule has 0 aromatic heterocycles. The average molecular weight is 356 g/mol. The number of nitrogens with one attached hydrogen (secondary N) is 1. The lowest BCUT2D eigenvalue weighted by molar-refractivity contribution is -0.384.